The number of hydrogen-bond acceptors (Lipinski definition) is 2. The summed E-state index contributed by atoms with van der Waals surface area (Å²) in [5, 5.41) is 11.7. The van der Waals surface area contributed by atoms with Crippen molar-refractivity contribution in [3.05, 3.63) is 48.6 Å². The first-order valence-electron chi connectivity index (χ1n) is 12.6. The minimum atomic E-state index is -0.153. The van der Waals surface area contributed by atoms with Gasteiger partial charge in [-0.2, -0.15) is 0 Å². The van der Waals surface area contributed by atoms with Crippen LogP contribution in [-0.4, -0.2) is 23.7 Å². The van der Waals surface area contributed by atoms with Crippen molar-refractivity contribution in [3.8, 4) is 0 Å². The van der Waals surface area contributed by atoms with E-state index in [4.69, 9.17) is 5.11 Å². The van der Waals surface area contributed by atoms with Gasteiger partial charge in [-0.25, -0.2) is 0 Å². The van der Waals surface area contributed by atoms with E-state index in [0.29, 0.717) is 11.8 Å². The first kappa shape index (κ1) is 24.0. The van der Waals surface area contributed by atoms with E-state index in [-0.39, 0.29) is 18.6 Å². The lowest BCUT2D eigenvalue weighted by Gasteiger charge is -2.55. The lowest BCUT2D eigenvalue weighted by atomic mass is 9.49. The third-order valence-corrected chi connectivity index (χ3v) is 7.33. The smallest absolute Gasteiger partial charge is 0.220 e. The maximum absolute atomic E-state index is 11.6. The molecule has 31 heavy (non-hydrogen) atoms. The van der Waals surface area contributed by atoms with Crippen molar-refractivity contribution in [2.45, 2.75) is 90.0 Å². The zero-order valence-corrected chi connectivity index (χ0v) is 19.5. The van der Waals surface area contributed by atoms with E-state index in [2.05, 4.69) is 53.9 Å². The van der Waals surface area contributed by atoms with Gasteiger partial charge in [-0.15, -0.1) is 0 Å². The van der Waals surface area contributed by atoms with Crippen LogP contribution in [-0.2, 0) is 4.79 Å². The average Bonchev–Trinajstić information content (AvgIpc) is 2.72. The fourth-order valence-corrected chi connectivity index (χ4v) is 6.31. The van der Waals surface area contributed by atoms with Gasteiger partial charge in [0.1, 0.15) is 0 Å². The number of carbonyl (C=O) groups is 1. The third-order valence-electron chi connectivity index (χ3n) is 7.33. The zero-order valence-electron chi connectivity index (χ0n) is 19.5. The number of carbonyl (C=O) groups excluding carboxylic acids is 1. The maximum atomic E-state index is 11.6. The van der Waals surface area contributed by atoms with Crippen LogP contribution in [0.25, 0.3) is 0 Å². The molecule has 0 spiro atoms. The Labute approximate surface area is 189 Å². The van der Waals surface area contributed by atoms with Crippen LogP contribution in [0.15, 0.2) is 48.6 Å². The van der Waals surface area contributed by atoms with Crippen molar-refractivity contribution >= 4 is 5.91 Å². The molecule has 4 bridgehead atoms. The fraction of sp³-hybridized carbons (Fsp3) is 0.679. The van der Waals surface area contributed by atoms with Crippen LogP contribution in [0.1, 0.15) is 84.0 Å². The first-order chi connectivity index (χ1) is 15.1. The molecule has 3 heteroatoms. The van der Waals surface area contributed by atoms with Gasteiger partial charge in [0, 0.05) is 12.5 Å². The summed E-state index contributed by atoms with van der Waals surface area (Å²) in [6, 6.07) is -0.153. The third kappa shape index (κ3) is 8.11. The Kier molecular flexibility index (Phi) is 9.64. The highest BCUT2D eigenvalue weighted by molar-refractivity contribution is 5.76. The second-order valence-corrected chi connectivity index (χ2v) is 10.3. The Morgan fingerprint density at radius 2 is 1.42 bits per heavy atom. The molecule has 0 aliphatic heterocycles. The summed E-state index contributed by atoms with van der Waals surface area (Å²) in [6.45, 7) is 1.80. The molecule has 4 aliphatic rings. The zero-order chi connectivity index (χ0) is 21.9. The molecule has 4 fully saturated rings. The summed E-state index contributed by atoms with van der Waals surface area (Å²) in [5.41, 5.74) is 0.566. The molecule has 0 aromatic heterocycles. The van der Waals surface area contributed by atoms with E-state index >= 15 is 0 Å². The molecule has 4 aliphatic carbocycles. The average molecular weight is 426 g/mol. The Morgan fingerprint density at radius 1 is 0.903 bits per heavy atom. The fourth-order valence-electron chi connectivity index (χ4n) is 6.31. The van der Waals surface area contributed by atoms with Crippen LogP contribution in [0.3, 0.4) is 0 Å². The van der Waals surface area contributed by atoms with Crippen molar-refractivity contribution in [1.82, 2.24) is 5.32 Å². The Morgan fingerprint density at radius 3 is 1.97 bits per heavy atom. The van der Waals surface area contributed by atoms with Crippen molar-refractivity contribution in [2.24, 2.45) is 23.2 Å². The van der Waals surface area contributed by atoms with Crippen LogP contribution in [0.2, 0.25) is 0 Å². The van der Waals surface area contributed by atoms with Gasteiger partial charge in [0.2, 0.25) is 5.91 Å². The van der Waals surface area contributed by atoms with Gasteiger partial charge in [-0.05, 0) is 101 Å². The predicted octanol–water partition coefficient (Wildman–Crippen LogP) is 6.27. The summed E-state index contributed by atoms with van der Waals surface area (Å²) in [7, 11) is 0. The quantitative estimate of drug-likeness (QED) is 0.270. The van der Waals surface area contributed by atoms with Crippen molar-refractivity contribution in [2.75, 3.05) is 6.61 Å². The molecule has 1 atom stereocenters. The molecule has 0 saturated heterocycles. The normalized spacial score (nSPS) is 31.0. The molecule has 0 unspecified atom stereocenters. The molecule has 0 aromatic carbocycles. The van der Waals surface area contributed by atoms with E-state index in [1.165, 1.54) is 38.5 Å². The van der Waals surface area contributed by atoms with Gasteiger partial charge in [-0.1, -0.05) is 48.6 Å². The van der Waals surface area contributed by atoms with E-state index < -0.39 is 0 Å². The molecular formula is C28H43NO2. The summed E-state index contributed by atoms with van der Waals surface area (Å²) >= 11 is 0. The standard InChI is InChI=1S/C28H43NO2/c1-23(22-30)29-27(31)14-12-10-8-6-4-2-3-5-7-9-11-13-15-28-19-24-16-25(20-28)18-26(17-24)21-28/h2-3,6-9,13,15,23-26,30H,4-5,10-12,14,16-22H2,1H3,(H,29,31)/b3-2-,8-6-,9-7-,15-13-/t23-,24?,25?,26?,28?/m1/s1. The SMILES string of the molecule is C[C@H](CO)NC(=O)CCC/C=C\C/C=C\C/C=C\C/C=C\C12CC3CC(CC(C3)C1)C2. The number of aliphatic hydroxyl groups is 1. The van der Waals surface area contributed by atoms with Crippen LogP contribution in [0, 0.1) is 23.2 Å². The molecule has 4 rings (SSSR count). The largest absolute Gasteiger partial charge is 0.394 e. The van der Waals surface area contributed by atoms with Crippen molar-refractivity contribution in [1.29, 1.82) is 0 Å². The number of rotatable bonds is 13. The Balaban J connectivity index is 1.20. The highest BCUT2D eigenvalue weighted by Crippen LogP contribution is 2.60. The monoisotopic (exact) mass is 425 g/mol. The van der Waals surface area contributed by atoms with E-state index in [9.17, 15) is 4.79 Å². The molecule has 0 aromatic rings. The molecule has 4 saturated carbocycles. The lowest BCUT2D eigenvalue weighted by molar-refractivity contribution is -0.122. The van der Waals surface area contributed by atoms with Crippen LogP contribution < -0.4 is 5.32 Å². The first-order valence-corrected chi connectivity index (χ1v) is 12.6. The Bertz CT molecular complexity index is 637. The van der Waals surface area contributed by atoms with Crippen molar-refractivity contribution in [3.63, 3.8) is 0 Å². The van der Waals surface area contributed by atoms with E-state index in [1.54, 1.807) is 6.92 Å². The number of aliphatic hydroxyl groups excluding tert-OH is 1. The molecule has 172 valence electrons. The van der Waals surface area contributed by atoms with Crippen molar-refractivity contribution < 1.29 is 9.90 Å². The van der Waals surface area contributed by atoms with E-state index in [0.717, 1.165) is 49.9 Å². The van der Waals surface area contributed by atoms with Gasteiger partial charge >= 0.3 is 0 Å². The predicted molar refractivity (Wildman–Crippen MR) is 130 cm³/mol. The minimum absolute atomic E-state index is 0.00823. The second kappa shape index (κ2) is 12.4. The molecule has 2 N–H and O–H groups in total. The van der Waals surface area contributed by atoms with Gasteiger partial charge in [0.25, 0.3) is 0 Å². The molecule has 3 nitrogen and oxygen atoms in total. The van der Waals surface area contributed by atoms with Crippen LogP contribution in [0.5, 0.6) is 0 Å². The maximum Gasteiger partial charge on any atom is 0.220 e. The number of amides is 1. The number of nitrogens with one attached hydrogen (secondary N) is 1. The highest BCUT2D eigenvalue weighted by atomic mass is 16.3. The van der Waals surface area contributed by atoms with E-state index in [1.807, 2.05) is 0 Å². The topological polar surface area (TPSA) is 49.3 Å². The van der Waals surface area contributed by atoms with Crippen LogP contribution >= 0.6 is 0 Å². The number of hydrogen-bond donors (Lipinski definition) is 2. The minimum Gasteiger partial charge on any atom is -0.394 e. The molecular weight excluding hydrogens is 382 g/mol. The second-order valence-electron chi connectivity index (χ2n) is 10.3. The summed E-state index contributed by atoms with van der Waals surface area (Å²) in [5.74, 6) is 3.12. The van der Waals surface area contributed by atoms with Gasteiger partial charge in [-0.3, -0.25) is 4.79 Å². The van der Waals surface area contributed by atoms with Gasteiger partial charge < -0.3 is 10.4 Å². The highest BCUT2D eigenvalue weighted by Gasteiger charge is 2.49. The summed E-state index contributed by atoms with van der Waals surface area (Å²) in [6.07, 6.45) is 32.6. The number of allylic oxidation sites excluding steroid dienone is 8. The summed E-state index contributed by atoms with van der Waals surface area (Å²) < 4.78 is 0. The summed E-state index contributed by atoms with van der Waals surface area (Å²) in [4.78, 5) is 11.6. The molecule has 1 amide bonds. The molecule has 0 radical (unpaired) electrons. The van der Waals surface area contributed by atoms with Gasteiger partial charge in [0.05, 0.1) is 6.61 Å². The lowest BCUT2D eigenvalue weighted by Crippen LogP contribution is -2.44. The van der Waals surface area contributed by atoms with Crippen LogP contribution in [0.4, 0.5) is 0 Å². The molecule has 0 heterocycles. The van der Waals surface area contributed by atoms with Gasteiger partial charge in [0.15, 0.2) is 0 Å². The number of unbranched alkanes of at least 4 members (excludes halogenated alkanes) is 1. The Hall–Kier alpha value is -1.61.